The molecule has 0 saturated heterocycles. The zero-order valence-corrected chi connectivity index (χ0v) is 10.5. The molecule has 92 valence electrons. The summed E-state index contributed by atoms with van der Waals surface area (Å²) in [5, 5.41) is 0. The van der Waals surface area contributed by atoms with Gasteiger partial charge in [-0.3, -0.25) is 4.98 Å². The molecule has 1 aliphatic carbocycles. The fourth-order valence-electron chi connectivity index (χ4n) is 2.82. The van der Waals surface area contributed by atoms with Gasteiger partial charge < -0.3 is 5.73 Å². The fraction of sp³-hybridized carbons (Fsp3) is 0.312. The van der Waals surface area contributed by atoms with Crippen LogP contribution in [0.5, 0.6) is 0 Å². The number of nitrogens with two attached hydrogens (primary N) is 1. The number of nitrogens with zero attached hydrogens (tertiary/aromatic N) is 1. The summed E-state index contributed by atoms with van der Waals surface area (Å²) in [6, 6.07) is 12.3. The molecule has 1 aromatic carbocycles. The Hall–Kier alpha value is -1.83. The lowest BCUT2D eigenvalue weighted by atomic mass is 9.99. The SMILES string of the molecule is Nc1cc(-c2ccccc2)cnc1C1CCCC1. The van der Waals surface area contributed by atoms with E-state index in [9.17, 15) is 0 Å². The summed E-state index contributed by atoms with van der Waals surface area (Å²) in [4.78, 5) is 4.61. The van der Waals surface area contributed by atoms with Crippen LogP contribution in [-0.4, -0.2) is 4.98 Å². The van der Waals surface area contributed by atoms with Crippen LogP contribution in [0.3, 0.4) is 0 Å². The van der Waals surface area contributed by atoms with Crippen LogP contribution in [0.1, 0.15) is 37.3 Å². The molecule has 2 heteroatoms. The molecule has 0 aliphatic heterocycles. The van der Waals surface area contributed by atoms with E-state index in [-0.39, 0.29) is 0 Å². The van der Waals surface area contributed by atoms with Crippen molar-refractivity contribution in [1.82, 2.24) is 4.98 Å². The number of nitrogen functional groups attached to an aromatic ring is 1. The minimum Gasteiger partial charge on any atom is -0.397 e. The number of rotatable bonds is 2. The van der Waals surface area contributed by atoms with Crippen molar-refractivity contribution in [1.29, 1.82) is 0 Å². The first kappa shape index (κ1) is 11.3. The zero-order valence-electron chi connectivity index (χ0n) is 10.5. The Morgan fingerprint density at radius 1 is 1.00 bits per heavy atom. The molecular formula is C16H18N2. The average molecular weight is 238 g/mol. The van der Waals surface area contributed by atoms with Gasteiger partial charge in [-0.1, -0.05) is 43.2 Å². The predicted octanol–water partition coefficient (Wildman–Crippen LogP) is 3.99. The van der Waals surface area contributed by atoms with Crippen LogP contribution in [0.2, 0.25) is 0 Å². The highest BCUT2D eigenvalue weighted by Gasteiger charge is 2.20. The topological polar surface area (TPSA) is 38.9 Å². The van der Waals surface area contributed by atoms with Crippen LogP contribution >= 0.6 is 0 Å². The maximum absolute atomic E-state index is 6.18. The van der Waals surface area contributed by atoms with Gasteiger partial charge in [-0.05, 0) is 24.5 Å². The maximum atomic E-state index is 6.18. The van der Waals surface area contributed by atoms with Gasteiger partial charge in [-0.25, -0.2) is 0 Å². The molecule has 0 bridgehead atoms. The molecule has 1 heterocycles. The molecule has 0 radical (unpaired) electrons. The molecule has 0 atom stereocenters. The highest BCUT2D eigenvalue weighted by Crippen LogP contribution is 2.36. The molecule has 18 heavy (non-hydrogen) atoms. The number of hydrogen-bond donors (Lipinski definition) is 1. The van der Waals surface area contributed by atoms with E-state index < -0.39 is 0 Å². The van der Waals surface area contributed by atoms with Gasteiger partial charge in [-0.2, -0.15) is 0 Å². The van der Waals surface area contributed by atoms with Crippen molar-refractivity contribution in [2.24, 2.45) is 0 Å². The van der Waals surface area contributed by atoms with Gasteiger partial charge in [0, 0.05) is 17.7 Å². The second-order valence-electron chi connectivity index (χ2n) is 5.05. The molecule has 3 rings (SSSR count). The molecule has 2 aromatic rings. The smallest absolute Gasteiger partial charge is 0.0663 e. The van der Waals surface area contributed by atoms with E-state index in [0.29, 0.717) is 5.92 Å². The van der Waals surface area contributed by atoms with Gasteiger partial charge in [0.15, 0.2) is 0 Å². The number of benzene rings is 1. The third-order valence-electron chi connectivity index (χ3n) is 3.80. The van der Waals surface area contributed by atoms with Crippen molar-refractivity contribution in [3.05, 3.63) is 48.3 Å². The van der Waals surface area contributed by atoms with Crippen molar-refractivity contribution in [2.45, 2.75) is 31.6 Å². The van der Waals surface area contributed by atoms with Gasteiger partial charge in [0.05, 0.1) is 11.4 Å². The summed E-state index contributed by atoms with van der Waals surface area (Å²) in [7, 11) is 0. The van der Waals surface area contributed by atoms with Crippen molar-refractivity contribution in [3.8, 4) is 11.1 Å². The number of anilines is 1. The summed E-state index contributed by atoms with van der Waals surface area (Å²) < 4.78 is 0. The van der Waals surface area contributed by atoms with E-state index >= 15 is 0 Å². The number of hydrogen-bond acceptors (Lipinski definition) is 2. The molecule has 2 N–H and O–H groups in total. The third-order valence-corrected chi connectivity index (χ3v) is 3.80. The fourth-order valence-corrected chi connectivity index (χ4v) is 2.82. The van der Waals surface area contributed by atoms with Gasteiger partial charge in [-0.15, -0.1) is 0 Å². The molecule has 1 aromatic heterocycles. The van der Waals surface area contributed by atoms with E-state index in [1.54, 1.807) is 0 Å². The van der Waals surface area contributed by atoms with Crippen LogP contribution in [-0.2, 0) is 0 Å². The molecule has 1 fully saturated rings. The Labute approximate surface area is 108 Å². The van der Waals surface area contributed by atoms with Gasteiger partial charge in [0.2, 0.25) is 0 Å². The largest absolute Gasteiger partial charge is 0.397 e. The highest BCUT2D eigenvalue weighted by molar-refractivity contribution is 5.67. The number of pyridine rings is 1. The highest BCUT2D eigenvalue weighted by atomic mass is 14.7. The summed E-state index contributed by atoms with van der Waals surface area (Å²) >= 11 is 0. The maximum Gasteiger partial charge on any atom is 0.0663 e. The van der Waals surface area contributed by atoms with Gasteiger partial charge in [0.1, 0.15) is 0 Å². The molecule has 0 unspecified atom stereocenters. The van der Waals surface area contributed by atoms with Crippen LogP contribution < -0.4 is 5.73 Å². The zero-order chi connectivity index (χ0) is 12.4. The summed E-state index contributed by atoms with van der Waals surface area (Å²) in [5.41, 5.74) is 10.4. The molecule has 0 spiro atoms. The lowest BCUT2D eigenvalue weighted by Crippen LogP contribution is -2.02. The van der Waals surface area contributed by atoms with E-state index in [1.165, 1.54) is 31.2 Å². The van der Waals surface area contributed by atoms with Crippen molar-refractivity contribution in [2.75, 3.05) is 5.73 Å². The Morgan fingerprint density at radius 3 is 2.39 bits per heavy atom. The molecule has 2 nitrogen and oxygen atoms in total. The first-order valence-electron chi connectivity index (χ1n) is 6.65. The quantitative estimate of drug-likeness (QED) is 0.859. The monoisotopic (exact) mass is 238 g/mol. The Kier molecular flexibility index (Phi) is 3.01. The van der Waals surface area contributed by atoms with E-state index in [2.05, 4.69) is 23.2 Å². The van der Waals surface area contributed by atoms with Gasteiger partial charge in [0.25, 0.3) is 0 Å². The van der Waals surface area contributed by atoms with Crippen molar-refractivity contribution >= 4 is 5.69 Å². The van der Waals surface area contributed by atoms with Gasteiger partial charge >= 0.3 is 0 Å². The predicted molar refractivity (Wildman–Crippen MR) is 75.3 cm³/mol. The Morgan fingerprint density at radius 2 is 1.72 bits per heavy atom. The summed E-state index contributed by atoms with van der Waals surface area (Å²) in [6.45, 7) is 0. The Balaban J connectivity index is 1.94. The molecule has 0 amide bonds. The molecule has 1 aliphatic rings. The van der Waals surface area contributed by atoms with Crippen molar-refractivity contribution < 1.29 is 0 Å². The van der Waals surface area contributed by atoms with E-state index in [4.69, 9.17) is 5.73 Å². The number of aromatic nitrogens is 1. The third kappa shape index (κ3) is 2.10. The summed E-state index contributed by atoms with van der Waals surface area (Å²) in [6.07, 6.45) is 7.06. The second kappa shape index (κ2) is 4.81. The van der Waals surface area contributed by atoms with E-state index in [0.717, 1.165) is 16.9 Å². The standard InChI is InChI=1S/C16H18N2/c17-15-10-14(12-6-2-1-3-7-12)11-18-16(15)13-8-4-5-9-13/h1-3,6-7,10-11,13H,4-5,8-9,17H2. The lowest BCUT2D eigenvalue weighted by molar-refractivity contribution is 0.700. The van der Waals surface area contributed by atoms with Crippen LogP contribution in [0.25, 0.3) is 11.1 Å². The normalized spacial score (nSPS) is 16.0. The first-order chi connectivity index (χ1) is 8.84. The van der Waals surface area contributed by atoms with Crippen LogP contribution in [0.15, 0.2) is 42.6 Å². The van der Waals surface area contributed by atoms with Crippen molar-refractivity contribution in [3.63, 3.8) is 0 Å². The first-order valence-corrected chi connectivity index (χ1v) is 6.65. The van der Waals surface area contributed by atoms with Crippen LogP contribution in [0.4, 0.5) is 5.69 Å². The lowest BCUT2D eigenvalue weighted by Gasteiger charge is -2.12. The molecular weight excluding hydrogens is 220 g/mol. The average Bonchev–Trinajstić information content (AvgIpc) is 2.93. The molecule has 1 saturated carbocycles. The minimum atomic E-state index is 0.579. The Bertz CT molecular complexity index is 528. The second-order valence-corrected chi connectivity index (χ2v) is 5.05. The minimum absolute atomic E-state index is 0.579. The van der Waals surface area contributed by atoms with E-state index in [1.807, 2.05) is 24.4 Å². The van der Waals surface area contributed by atoms with Crippen LogP contribution in [0, 0.1) is 0 Å². The summed E-state index contributed by atoms with van der Waals surface area (Å²) in [5.74, 6) is 0.579.